The smallest absolute Gasteiger partial charge is 0.316 e. The maximum Gasteiger partial charge on any atom is 0.316 e. The number of rotatable bonds is 1. The first kappa shape index (κ1) is 10.8. The Morgan fingerprint density at radius 1 is 1.56 bits per heavy atom. The Labute approximate surface area is 95.2 Å². The van der Waals surface area contributed by atoms with Gasteiger partial charge in [-0.05, 0) is 19.1 Å². The maximum absolute atomic E-state index is 13.6. The summed E-state index contributed by atoms with van der Waals surface area (Å²) in [6.07, 6.45) is 0. The Morgan fingerprint density at radius 2 is 2.25 bits per heavy atom. The van der Waals surface area contributed by atoms with Gasteiger partial charge in [0.1, 0.15) is 11.6 Å². The van der Waals surface area contributed by atoms with Gasteiger partial charge in [0.25, 0.3) is 0 Å². The number of anilines is 1. The van der Waals surface area contributed by atoms with Crippen molar-refractivity contribution >= 4 is 34.3 Å². The van der Waals surface area contributed by atoms with Gasteiger partial charge in [-0.15, -0.1) is 0 Å². The Morgan fingerprint density at radius 3 is 2.88 bits per heavy atom. The summed E-state index contributed by atoms with van der Waals surface area (Å²) >= 11 is 5.81. The lowest BCUT2D eigenvalue weighted by Gasteiger charge is -2.05. The van der Waals surface area contributed by atoms with Crippen molar-refractivity contribution in [3.8, 4) is 0 Å². The summed E-state index contributed by atoms with van der Waals surface area (Å²) in [4.78, 5) is 10.7. The zero-order valence-electron chi connectivity index (χ0n) is 8.30. The molecule has 0 aliphatic heterocycles. The third-order valence-corrected chi connectivity index (χ3v) is 2.36. The normalized spacial score (nSPS) is 10.7. The lowest BCUT2D eigenvalue weighted by molar-refractivity contribution is 0.259. The van der Waals surface area contributed by atoms with Gasteiger partial charge in [0.15, 0.2) is 5.58 Å². The molecular formula is C10H8ClFN2O2. The number of benzene rings is 1. The van der Waals surface area contributed by atoms with Gasteiger partial charge in [0.2, 0.25) is 0 Å². The van der Waals surface area contributed by atoms with Crippen molar-refractivity contribution in [1.29, 1.82) is 0 Å². The van der Waals surface area contributed by atoms with E-state index in [0.29, 0.717) is 16.7 Å². The summed E-state index contributed by atoms with van der Waals surface area (Å²) in [5.74, 6) is -0.0906. The summed E-state index contributed by atoms with van der Waals surface area (Å²) < 4.78 is 18.8. The third kappa shape index (κ3) is 1.69. The number of halogens is 2. The zero-order valence-corrected chi connectivity index (χ0v) is 9.06. The molecule has 84 valence electrons. The molecule has 2 amide bonds. The Bertz CT molecular complexity index is 580. The quantitative estimate of drug-likeness (QED) is 0.807. The highest BCUT2D eigenvalue weighted by molar-refractivity contribution is 6.35. The summed E-state index contributed by atoms with van der Waals surface area (Å²) in [6.45, 7) is 1.70. The minimum absolute atomic E-state index is 0.0243. The first-order valence-corrected chi connectivity index (χ1v) is 4.81. The topological polar surface area (TPSA) is 68.3 Å². The molecule has 1 heterocycles. The minimum Gasteiger partial charge on any atom is -0.460 e. The molecule has 0 aliphatic rings. The second-order valence-electron chi connectivity index (χ2n) is 3.30. The van der Waals surface area contributed by atoms with Crippen LogP contribution < -0.4 is 11.1 Å². The average molecular weight is 243 g/mol. The molecule has 4 nitrogen and oxygen atoms in total. The van der Waals surface area contributed by atoms with Crippen LogP contribution in [0.25, 0.3) is 11.0 Å². The molecule has 3 N–H and O–H groups in total. The van der Waals surface area contributed by atoms with Crippen LogP contribution in [0.2, 0.25) is 5.02 Å². The van der Waals surface area contributed by atoms with Crippen molar-refractivity contribution < 1.29 is 13.6 Å². The predicted octanol–water partition coefficient (Wildman–Crippen LogP) is 3.02. The highest BCUT2D eigenvalue weighted by Gasteiger charge is 2.16. The largest absolute Gasteiger partial charge is 0.460 e. The van der Waals surface area contributed by atoms with Crippen molar-refractivity contribution in [2.24, 2.45) is 5.73 Å². The highest BCUT2D eigenvalue weighted by Crippen LogP contribution is 2.34. The predicted molar refractivity (Wildman–Crippen MR) is 59.1 cm³/mol. The molecule has 0 unspecified atom stereocenters. The van der Waals surface area contributed by atoms with Gasteiger partial charge in [-0.3, -0.25) is 0 Å². The first-order chi connectivity index (χ1) is 7.49. The number of nitrogens with one attached hydrogen (secondary N) is 1. The Balaban J connectivity index is 2.75. The molecule has 0 radical (unpaired) electrons. The summed E-state index contributed by atoms with van der Waals surface area (Å²) in [7, 11) is 0. The Hall–Kier alpha value is -1.75. The molecule has 1 aromatic carbocycles. The molecule has 6 heteroatoms. The molecule has 1 aromatic heterocycles. The molecular weight excluding hydrogens is 235 g/mol. The lowest BCUT2D eigenvalue weighted by Crippen LogP contribution is -2.20. The summed E-state index contributed by atoms with van der Waals surface area (Å²) in [5, 5.41) is 2.74. The van der Waals surface area contributed by atoms with Crippen LogP contribution in [0.3, 0.4) is 0 Å². The van der Waals surface area contributed by atoms with E-state index in [-0.39, 0.29) is 10.7 Å². The molecule has 16 heavy (non-hydrogen) atoms. The SMILES string of the molecule is Cc1cc2c(NC(N)=O)c(F)cc(Cl)c2o1. The van der Waals surface area contributed by atoms with E-state index in [1.165, 1.54) is 0 Å². The number of primary amides is 1. The van der Waals surface area contributed by atoms with Crippen molar-refractivity contribution in [2.75, 3.05) is 5.32 Å². The van der Waals surface area contributed by atoms with Crippen molar-refractivity contribution in [3.63, 3.8) is 0 Å². The van der Waals surface area contributed by atoms with E-state index in [9.17, 15) is 9.18 Å². The van der Waals surface area contributed by atoms with E-state index in [1.54, 1.807) is 13.0 Å². The number of furan rings is 1. The summed E-state index contributed by atoms with van der Waals surface area (Å²) in [5.41, 5.74) is 5.25. The Kier molecular flexibility index (Phi) is 2.47. The van der Waals surface area contributed by atoms with Crippen LogP contribution in [0.5, 0.6) is 0 Å². The molecule has 0 atom stereocenters. The molecule has 2 rings (SSSR count). The van der Waals surface area contributed by atoms with Crippen molar-refractivity contribution in [2.45, 2.75) is 6.92 Å². The van der Waals surface area contributed by atoms with Crippen LogP contribution in [0.4, 0.5) is 14.9 Å². The van der Waals surface area contributed by atoms with Crippen LogP contribution >= 0.6 is 11.6 Å². The van der Waals surface area contributed by atoms with E-state index < -0.39 is 11.8 Å². The molecule has 0 saturated heterocycles. The molecule has 2 aromatic rings. The number of aryl methyl sites for hydroxylation is 1. The lowest BCUT2D eigenvalue weighted by atomic mass is 10.2. The van der Waals surface area contributed by atoms with Gasteiger partial charge in [-0.1, -0.05) is 11.6 Å². The molecule has 0 bridgehead atoms. The fraction of sp³-hybridized carbons (Fsp3) is 0.100. The monoisotopic (exact) mass is 242 g/mol. The first-order valence-electron chi connectivity index (χ1n) is 4.43. The van der Waals surface area contributed by atoms with Crippen molar-refractivity contribution in [3.05, 3.63) is 28.7 Å². The van der Waals surface area contributed by atoms with Crippen molar-refractivity contribution in [1.82, 2.24) is 0 Å². The van der Waals surface area contributed by atoms with Gasteiger partial charge in [0.05, 0.1) is 10.7 Å². The van der Waals surface area contributed by atoms with E-state index >= 15 is 0 Å². The second kappa shape index (κ2) is 3.68. The number of urea groups is 1. The number of fused-ring (bicyclic) bond motifs is 1. The van der Waals surface area contributed by atoms with E-state index in [1.807, 2.05) is 0 Å². The van der Waals surface area contributed by atoms with E-state index in [0.717, 1.165) is 6.07 Å². The number of amides is 2. The van der Waals surface area contributed by atoms with Crippen LogP contribution in [-0.2, 0) is 0 Å². The average Bonchev–Trinajstić information content (AvgIpc) is 2.54. The highest BCUT2D eigenvalue weighted by atomic mass is 35.5. The van der Waals surface area contributed by atoms with Crippen LogP contribution in [0.15, 0.2) is 16.5 Å². The van der Waals surface area contributed by atoms with Gasteiger partial charge in [0, 0.05) is 5.39 Å². The molecule has 0 aliphatic carbocycles. The standard InChI is InChI=1S/C10H8ClFN2O2/c1-4-2-5-8(14-10(13)15)7(12)3-6(11)9(5)16-4/h2-3H,1H3,(H3,13,14,15). The van der Waals surface area contributed by atoms with Gasteiger partial charge < -0.3 is 15.5 Å². The van der Waals surface area contributed by atoms with Crippen LogP contribution in [0.1, 0.15) is 5.76 Å². The maximum atomic E-state index is 13.6. The molecule has 0 saturated carbocycles. The van der Waals surface area contributed by atoms with Gasteiger partial charge in [-0.2, -0.15) is 0 Å². The fourth-order valence-electron chi connectivity index (χ4n) is 1.51. The van der Waals surface area contributed by atoms with Crippen LogP contribution in [0, 0.1) is 12.7 Å². The number of carbonyl (C=O) groups is 1. The molecule has 0 fully saturated rings. The third-order valence-electron chi connectivity index (χ3n) is 2.08. The van der Waals surface area contributed by atoms with E-state index in [2.05, 4.69) is 5.32 Å². The minimum atomic E-state index is -0.846. The summed E-state index contributed by atoms with van der Waals surface area (Å²) in [6, 6.07) is 1.80. The van der Waals surface area contributed by atoms with Gasteiger partial charge >= 0.3 is 6.03 Å². The molecule has 0 spiro atoms. The van der Waals surface area contributed by atoms with E-state index in [4.69, 9.17) is 21.8 Å². The van der Waals surface area contributed by atoms with Crippen LogP contribution in [-0.4, -0.2) is 6.03 Å². The second-order valence-corrected chi connectivity index (χ2v) is 3.71. The van der Waals surface area contributed by atoms with Gasteiger partial charge in [-0.25, -0.2) is 9.18 Å². The number of nitrogens with two attached hydrogens (primary N) is 1. The zero-order chi connectivity index (χ0) is 11.9. The number of hydrogen-bond donors (Lipinski definition) is 2. The number of carbonyl (C=O) groups excluding carboxylic acids is 1. The number of hydrogen-bond acceptors (Lipinski definition) is 2. The fourth-order valence-corrected chi connectivity index (χ4v) is 1.74.